The van der Waals surface area contributed by atoms with Gasteiger partial charge in [0.2, 0.25) is 5.91 Å². The lowest BCUT2D eigenvalue weighted by Gasteiger charge is -2.24. The van der Waals surface area contributed by atoms with Gasteiger partial charge in [-0.25, -0.2) is 0 Å². The highest BCUT2D eigenvalue weighted by atomic mass is 35.5. The Labute approximate surface area is 145 Å². The lowest BCUT2D eigenvalue weighted by Crippen LogP contribution is -2.28. The van der Waals surface area contributed by atoms with Crippen molar-refractivity contribution in [1.29, 1.82) is 0 Å². The maximum absolute atomic E-state index is 12.3. The van der Waals surface area contributed by atoms with Crippen LogP contribution < -0.4 is 0 Å². The zero-order valence-electron chi connectivity index (χ0n) is 13.3. The largest absolute Gasteiger partial charge is 0.335 e. The summed E-state index contributed by atoms with van der Waals surface area (Å²) < 4.78 is 0. The second-order valence-electron chi connectivity index (χ2n) is 5.33. The first kappa shape index (κ1) is 17.7. The van der Waals surface area contributed by atoms with E-state index in [1.54, 1.807) is 31.3 Å². The fourth-order valence-corrected chi connectivity index (χ4v) is 2.40. The molecule has 124 valence electrons. The van der Waals surface area contributed by atoms with Gasteiger partial charge in [-0.2, -0.15) is 0 Å². The molecule has 2 rings (SSSR count). The van der Waals surface area contributed by atoms with Crippen LogP contribution in [0.25, 0.3) is 6.08 Å². The number of rotatable bonds is 5. The Morgan fingerprint density at radius 1 is 1.25 bits per heavy atom. The summed E-state index contributed by atoms with van der Waals surface area (Å²) in [6.45, 7) is 1.82. The number of nitro groups is 1. The molecule has 0 saturated heterocycles. The molecule has 1 atom stereocenters. The first-order valence-electron chi connectivity index (χ1n) is 7.34. The van der Waals surface area contributed by atoms with E-state index in [-0.39, 0.29) is 17.6 Å². The number of non-ortho nitro benzene ring substituents is 1. The number of nitro benzene ring substituents is 1. The number of amides is 1. The van der Waals surface area contributed by atoms with Crippen LogP contribution in [0.1, 0.15) is 24.1 Å². The molecule has 0 bridgehead atoms. The molecule has 0 aromatic heterocycles. The first-order valence-corrected chi connectivity index (χ1v) is 7.71. The van der Waals surface area contributed by atoms with E-state index in [9.17, 15) is 14.9 Å². The van der Waals surface area contributed by atoms with Crippen molar-refractivity contribution in [3.8, 4) is 0 Å². The number of carbonyl (C=O) groups excluding carboxylic acids is 1. The van der Waals surface area contributed by atoms with Gasteiger partial charge in [0.25, 0.3) is 5.69 Å². The van der Waals surface area contributed by atoms with Gasteiger partial charge in [0.05, 0.1) is 11.0 Å². The van der Waals surface area contributed by atoms with Gasteiger partial charge in [0, 0.05) is 30.3 Å². The Hall–Kier alpha value is -2.66. The summed E-state index contributed by atoms with van der Waals surface area (Å²) in [7, 11) is 1.66. The third-order valence-corrected chi connectivity index (χ3v) is 4.15. The fourth-order valence-electron chi connectivity index (χ4n) is 2.20. The van der Waals surface area contributed by atoms with E-state index in [0.29, 0.717) is 10.6 Å². The molecule has 0 unspecified atom stereocenters. The predicted octanol–water partition coefficient (Wildman–Crippen LogP) is 4.48. The highest BCUT2D eigenvalue weighted by molar-refractivity contribution is 6.32. The van der Waals surface area contributed by atoms with Crippen LogP contribution in [0.4, 0.5) is 5.69 Å². The maximum atomic E-state index is 12.3. The fraction of sp³-hybridized carbons (Fsp3) is 0.167. The molecule has 0 spiro atoms. The zero-order valence-corrected chi connectivity index (χ0v) is 14.1. The standard InChI is InChI=1S/C18H17ClN2O3/c1-13(15-7-5-8-16(12-15)21(23)24)20(2)18(22)11-10-14-6-3-4-9-17(14)19/h3-13H,1-2H3/b11-10+/t13-/m0/s1. The molecule has 0 fully saturated rings. The van der Waals surface area contributed by atoms with Gasteiger partial charge in [0.1, 0.15) is 0 Å². The molecule has 2 aromatic rings. The van der Waals surface area contributed by atoms with E-state index < -0.39 is 4.92 Å². The Kier molecular flexibility index (Phi) is 5.71. The molecule has 24 heavy (non-hydrogen) atoms. The van der Waals surface area contributed by atoms with E-state index in [4.69, 9.17) is 11.6 Å². The number of carbonyl (C=O) groups is 1. The second kappa shape index (κ2) is 7.75. The van der Waals surface area contributed by atoms with Crippen molar-refractivity contribution in [2.45, 2.75) is 13.0 Å². The lowest BCUT2D eigenvalue weighted by atomic mass is 10.1. The van der Waals surface area contributed by atoms with Gasteiger partial charge in [-0.3, -0.25) is 14.9 Å². The molecule has 0 radical (unpaired) electrons. The van der Waals surface area contributed by atoms with Crippen LogP contribution in [0.15, 0.2) is 54.6 Å². The maximum Gasteiger partial charge on any atom is 0.269 e. The zero-order chi connectivity index (χ0) is 17.7. The average molecular weight is 345 g/mol. The highest BCUT2D eigenvalue weighted by Gasteiger charge is 2.17. The van der Waals surface area contributed by atoms with Crippen molar-refractivity contribution in [2.24, 2.45) is 0 Å². The second-order valence-corrected chi connectivity index (χ2v) is 5.74. The van der Waals surface area contributed by atoms with Crippen LogP contribution in [-0.2, 0) is 4.79 Å². The molecule has 1 amide bonds. The van der Waals surface area contributed by atoms with Crippen molar-refractivity contribution in [2.75, 3.05) is 7.05 Å². The molecule has 0 aliphatic heterocycles. The van der Waals surface area contributed by atoms with E-state index in [1.807, 2.05) is 25.1 Å². The summed E-state index contributed by atoms with van der Waals surface area (Å²) in [5.41, 5.74) is 1.46. The molecule has 6 heteroatoms. The minimum absolute atomic E-state index is 0.00630. The number of hydrogen-bond acceptors (Lipinski definition) is 3. The third-order valence-electron chi connectivity index (χ3n) is 3.80. The van der Waals surface area contributed by atoms with Crippen molar-refractivity contribution < 1.29 is 9.72 Å². The van der Waals surface area contributed by atoms with Crippen LogP contribution in [-0.4, -0.2) is 22.8 Å². The summed E-state index contributed by atoms with van der Waals surface area (Å²) in [5.74, 6) is -0.214. The SMILES string of the molecule is C[C@@H](c1cccc([N+](=O)[O-])c1)N(C)C(=O)/C=C/c1ccccc1Cl. The van der Waals surface area contributed by atoms with E-state index >= 15 is 0 Å². The summed E-state index contributed by atoms with van der Waals surface area (Å²) >= 11 is 6.05. The Morgan fingerprint density at radius 3 is 2.62 bits per heavy atom. The molecule has 0 saturated carbocycles. The van der Waals surface area contributed by atoms with Crippen LogP contribution in [0, 0.1) is 10.1 Å². The highest BCUT2D eigenvalue weighted by Crippen LogP contribution is 2.23. The number of hydrogen-bond donors (Lipinski definition) is 0. The predicted molar refractivity (Wildman–Crippen MR) is 94.8 cm³/mol. The Balaban J connectivity index is 2.14. The van der Waals surface area contributed by atoms with Crippen molar-refractivity contribution in [3.05, 3.63) is 80.9 Å². The van der Waals surface area contributed by atoms with Crippen molar-refractivity contribution in [3.63, 3.8) is 0 Å². The van der Waals surface area contributed by atoms with E-state index in [0.717, 1.165) is 5.56 Å². The number of nitrogens with zero attached hydrogens (tertiary/aromatic N) is 2. The van der Waals surface area contributed by atoms with Gasteiger partial charge in [-0.15, -0.1) is 0 Å². The third kappa shape index (κ3) is 4.20. The van der Waals surface area contributed by atoms with Crippen LogP contribution in [0.3, 0.4) is 0 Å². The molecule has 0 heterocycles. The molecule has 5 nitrogen and oxygen atoms in total. The molecule has 0 N–H and O–H groups in total. The summed E-state index contributed by atoms with van der Waals surface area (Å²) in [4.78, 5) is 24.3. The minimum Gasteiger partial charge on any atom is -0.335 e. The number of benzene rings is 2. The van der Waals surface area contributed by atoms with Gasteiger partial charge < -0.3 is 4.90 Å². The molecule has 0 aliphatic rings. The summed E-state index contributed by atoms with van der Waals surface area (Å²) in [6, 6.07) is 13.2. The Bertz CT molecular complexity index is 789. The quantitative estimate of drug-likeness (QED) is 0.456. The normalized spacial score (nSPS) is 12.1. The lowest BCUT2D eigenvalue weighted by molar-refractivity contribution is -0.384. The smallest absolute Gasteiger partial charge is 0.269 e. The van der Waals surface area contributed by atoms with Gasteiger partial charge in [-0.1, -0.05) is 41.9 Å². The van der Waals surface area contributed by atoms with Gasteiger partial charge in [0.15, 0.2) is 0 Å². The van der Waals surface area contributed by atoms with Crippen LogP contribution in [0.2, 0.25) is 5.02 Å². The number of halogens is 1. The molecule has 0 aliphatic carbocycles. The summed E-state index contributed by atoms with van der Waals surface area (Å²) in [6.07, 6.45) is 3.09. The molecular weight excluding hydrogens is 328 g/mol. The minimum atomic E-state index is -0.449. The average Bonchev–Trinajstić information content (AvgIpc) is 2.59. The molecule has 2 aromatic carbocycles. The topological polar surface area (TPSA) is 63.5 Å². The van der Waals surface area contributed by atoms with Crippen molar-refractivity contribution in [1.82, 2.24) is 4.90 Å². The van der Waals surface area contributed by atoms with E-state index in [2.05, 4.69) is 0 Å². The monoisotopic (exact) mass is 344 g/mol. The summed E-state index contributed by atoms with van der Waals surface area (Å²) in [5, 5.41) is 11.4. The van der Waals surface area contributed by atoms with Gasteiger partial charge in [-0.05, 0) is 30.2 Å². The van der Waals surface area contributed by atoms with Crippen LogP contribution in [0.5, 0.6) is 0 Å². The van der Waals surface area contributed by atoms with E-state index in [1.165, 1.54) is 23.1 Å². The Morgan fingerprint density at radius 2 is 1.96 bits per heavy atom. The van der Waals surface area contributed by atoms with Crippen LogP contribution >= 0.6 is 11.6 Å². The van der Waals surface area contributed by atoms with Gasteiger partial charge >= 0.3 is 0 Å². The first-order chi connectivity index (χ1) is 11.4. The van der Waals surface area contributed by atoms with Crippen molar-refractivity contribution >= 4 is 29.3 Å². The molecular formula is C18H17ClN2O3. The number of likely N-dealkylation sites (N-methyl/N-ethyl adjacent to an activating group) is 1.